The van der Waals surface area contributed by atoms with Crippen LogP contribution in [0.25, 0.3) is 17.0 Å². The molecule has 15 nitrogen and oxygen atoms in total. The number of rotatable bonds is 14. The Morgan fingerprint density at radius 1 is 0.917 bits per heavy atom. The molecule has 2 N–H and O–H groups in total. The predicted molar refractivity (Wildman–Crippen MR) is 172 cm³/mol. The van der Waals surface area contributed by atoms with Crippen molar-refractivity contribution in [2.24, 2.45) is 0 Å². The van der Waals surface area contributed by atoms with Gasteiger partial charge in [0.1, 0.15) is 35.9 Å². The number of ether oxygens (including phenoxy) is 6. The molecule has 2 aromatic carbocycles. The fourth-order valence-electron chi connectivity index (χ4n) is 4.81. The summed E-state index contributed by atoms with van der Waals surface area (Å²) in [6.07, 6.45) is 2.28. The van der Waals surface area contributed by atoms with Crippen LogP contribution in [0.4, 0.5) is 9.59 Å². The second-order valence-corrected chi connectivity index (χ2v) is 10.6. The fraction of sp³-hybridized carbons (Fsp3) is 0.364. The molecule has 0 aliphatic carbocycles. The molecule has 1 aliphatic heterocycles. The summed E-state index contributed by atoms with van der Waals surface area (Å²) in [5.74, 6) is -1.95. The molecule has 0 saturated heterocycles. The number of methoxy groups -OCH3 is 1. The van der Waals surface area contributed by atoms with E-state index in [1.165, 1.54) is 6.07 Å². The topological polar surface area (TPSA) is 173 Å². The van der Waals surface area contributed by atoms with Crippen LogP contribution in [-0.2, 0) is 25.6 Å². The minimum Gasteiger partial charge on any atom is -0.497 e. The van der Waals surface area contributed by atoms with Gasteiger partial charge in [-0.15, -0.1) is 0 Å². The van der Waals surface area contributed by atoms with E-state index in [1.807, 2.05) is 38.5 Å². The molecule has 2 amide bonds. The number of benzene rings is 2. The number of carbonyl (C=O) groups is 5. The quantitative estimate of drug-likeness (QED) is 0.190. The highest BCUT2D eigenvalue weighted by atomic mass is 16.6. The number of amides is 2. The van der Waals surface area contributed by atoms with Crippen LogP contribution in [0.15, 0.2) is 42.3 Å². The summed E-state index contributed by atoms with van der Waals surface area (Å²) < 4.78 is 33.7. The molecule has 1 aromatic heterocycles. The van der Waals surface area contributed by atoms with Gasteiger partial charge in [-0.1, -0.05) is 0 Å². The molecule has 15 heteroatoms. The predicted octanol–water partition coefficient (Wildman–Crippen LogP) is 3.52. The average Bonchev–Trinajstić information content (AvgIpc) is 3.54. The van der Waals surface area contributed by atoms with Gasteiger partial charge in [0.05, 0.1) is 20.3 Å². The largest absolute Gasteiger partial charge is 0.497 e. The lowest BCUT2D eigenvalue weighted by atomic mass is 10.1. The van der Waals surface area contributed by atoms with Crippen LogP contribution in [-0.4, -0.2) is 93.4 Å². The zero-order valence-electron chi connectivity index (χ0n) is 27.4. The van der Waals surface area contributed by atoms with Crippen molar-refractivity contribution >= 4 is 46.9 Å². The number of esters is 2. The Bertz CT molecular complexity index is 1730. The van der Waals surface area contributed by atoms with Crippen molar-refractivity contribution in [3.8, 4) is 23.0 Å². The van der Waals surface area contributed by atoms with Gasteiger partial charge in [-0.25, -0.2) is 9.59 Å². The minimum absolute atomic E-state index is 0.0533. The third-order valence-corrected chi connectivity index (χ3v) is 6.90. The van der Waals surface area contributed by atoms with Gasteiger partial charge in [-0.2, -0.15) is 0 Å². The number of hydrogen-bond acceptors (Lipinski definition) is 12. The number of aryl methyl sites for hydroxylation is 1. The number of nitrogens with zero attached hydrogens (tertiary/aromatic N) is 2. The van der Waals surface area contributed by atoms with Crippen molar-refractivity contribution in [3.05, 3.63) is 53.4 Å². The first-order chi connectivity index (χ1) is 23.0. The average molecular weight is 667 g/mol. The molecule has 256 valence electrons. The fourth-order valence-corrected chi connectivity index (χ4v) is 4.81. The van der Waals surface area contributed by atoms with Crippen molar-refractivity contribution in [3.63, 3.8) is 0 Å². The monoisotopic (exact) mass is 666 g/mol. The van der Waals surface area contributed by atoms with Gasteiger partial charge < -0.3 is 48.5 Å². The molecular weight excluding hydrogens is 628 g/mol. The molecule has 0 radical (unpaired) electrons. The number of hydrogen-bond donors (Lipinski definition) is 2. The van der Waals surface area contributed by atoms with Gasteiger partial charge in [0.2, 0.25) is 5.78 Å². The highest BCUT2D eigenvalue weighted by Crippen LogP contribution is 2.42. The van der Waals surface area contributed by atoms with Gasteiger partial charge in [-0.3, -0.25) is 14.4 Å². The maximum atomic E-state index is 13.8. The second-order valence-electron chi connectivity index (χ2n) is 10.6. The standard InChI is InChI=1S/C33H38N4O11/c1-6-44-28(38)17-34-32(41)46-22-15-25-30(26(16-22)48-33(42)35-18-29(39)45-7-2)31(40)27(47-25)13-20-19-37(12-8-11-36(3)4)24-10-9-21(43-5)14-23(20)24/h9-10,13-16,19H,6-8,11-12,17-18H2,1-5H3,(H,34,41)(H,35,42). The Morgan fingerprint density at radius 2 is 1.58 bits per heavy atom. The van der Waals surface area contributed by atoms with Crippen LogP contribution in [0.2, 0.25) is 0 Å². The highest BCUT2D eigenvalue weighted by Gasteiger charge is 2.34. The van der Waals surface area contributed by atoms with Crippen LogP contribution >= 0.6 is 0 Å². The van der Waals surface area contributed by atoms with E-state index >= 15 is 0 Å². The summed E-state index contributed by atoms with van der Waals surface area (Å²) in [7, 11) is 5.57. The second kappa shape index (κ2) is 16.3. The van der Waals surface area contributed by atoms with Crippen LogP contribution in [0, 0.1) is 0 Å². The highest BCUT2D eigenvalue weighted by molar-refractivity contribution is 6.17. The summed E-state index contributed by atoms with van der Waals surface area (Å²) in [5.41, 5.74) is 1.49. The lowest BCUT2D eigenvalue weighted by molar-refractivity contribution is -0.142. The van der Waals surface area contributed by atoms with Crippen LogP contribution in [0.3, 0.4) is 0 Å². The number of carbonyl (C=O) groups excluding carboxylic acids is 5. The van der Waals surface area contributed by atoms with Crippen molar-refractivity contribution in [2.45, 2.75) is 26.8 Å². The molecule has 2 heterocycles. The van der Waals surface area contributed by atoms with E-state index in [9.17, 15) is 24.0 Å². The summed E-state index contributed by atoms with van der Waals surface area (Å²) in [6.45, 7) is 4.14. The van der Waals surface area contributed by atoms with Crippen LogP contribution in [0.1, 0.15) is 36.2 Å². The normalized spacial score (nSPS) is 12.8. The molecule has 0 saturated carbocycles. The molecule has 1 aliphatic rings. The maximum Gasteiger partial charge on any atom is 0.413 e. The molecule has 4 rings (SSSR count). The van der Waals surface area contributed by atoms with Crippen LogP contribution in [0.5, 0.6) is 23.0 Å². The zero-order valence-corrected chi connectivity index (χ0v) is 27.4. The van der Waals surface area contributed by atoms with E-state index in [-0.39, 0.29) is 41.8 Å². The van der Waals surface area contributed by atoms with Crippen molar-refractivity contribution in [1.82, 2.24) is 20.1 Å². The Morgan fingerprint density at radius 3 is 2.21 bits per heavy atom. The summed E-state index contributed by atoms with van der Waals surface area (Å²) in [6, 6.07) is 8.07. The SMILES string of the molecule is CCOC(=O)CNC(=O)Oc1cc(OC(=O)NCC(=O)OCC)c2c(c1)OC(=Cc1cn(CCCN(C)C)c3ccc(OC)cc13)C2=O. The van der Waals surface area contributed by atoms with Crippen LogP contribution < -0.4 is 29.6 Å². The number of allylic oxidation sites excluding steroid dienone is 1. The minimum atomic E-state index is -1.08. The number of aromatic nitrogens is 1. The third-order valence-electron chi connectivity index (χ3n) is 6.90. The first-order valence-electron chi connectivity index (χ1n) is 15.2. The maximum absolute atomic E-state index is 13.8. The molecule has 0 spiro atoms. The van der Waals surface area contributed by atoms with Crippen molar-refractivity contribution in [2.75, 3.05) is 54.1 Å². The van der Waals surface area contributed by atoms with Crippen molar-refractivity contribution in [1.29, 1.82) is 0 Å². The molecule has 48 heavy (non-hydrogen) atoms. The molecule has 3 aromatic rings. The summed E-state index contributed by atoms with van der Waals surface area (Å²) in [5, 5.41) is 5.31. The lowest BCUT2D eigenvalue weighted by Gasteiger charge is -2.11. The molecule has 0 atom stereocenters. The number of Topliss-reactive ketones (excluding diaryl/α,β-unsaturated/α-hetero) is 1. The summed E-state index contributed by atoms with van der Waals surface area (Å²) in [4.78, 5) is 64.2. The third kappa shape index (κ3) is 9.03. The Hall–Kier alpha value is -5.57. The zero-order chi connectivity index (χ0) is 34.8. The van der Waals surface area contributed by atoms with E-state index in [1.54, 1.807) is 27.0 Å². The lowest BCUT2D eigenvalue weighted by Crippen LogP contribution is -2.33. The molecular formula is C33H38N4O11. The Kier molecular flexibility index (Phi) is 12.0. The Labute approximate surface area is 276 Å². The first-order valence-corrected chi connectivity index (χ1v) is 15.2. The number of ketones is 1. The van der Waals surface area contributed by atoms with Gasteiger partial charge in [-0.05, 0) is 65.2 Å². The van der Waals surface area contributed by atoms with Gasteiger partial charge >= 0.3 is 24.1 Å². The smallest absolute Gasteiger partial charge is 0.413 e. The first kappa shape index (κ1) is 35.3. The molecule has 0 bridgehead atoms. The number of fused-ring (bicyclic) bond motifs is 2. The van der Waals surface area contributed by atoms with E-state index in [0.717, 1.165) is 36.5 Å². The molecule has 0 fully saturated rings. The molecule has 0 unspecified atom stereocenters. The summed E-state index contributed by atoms with van der Waals surface area (Å²) >= 11 is 0. The Balaban J connectivity index is 1.66. The van der Waals surface area contributed by atoms with Gasteiger partial charge in [0, 0.05) is 41.3 Å². The van der Waals surface area contributed by atoms with E-state index in [2.05, 4.69) is 20.1 Å². The van der Waals surface area contributed by atoms with Gasteiger partial charge in [0.25, 0.3) is 0 Å². The number of nitrogens with one attached hydrogen (secondary N) is 2. The van der Waals surface area contributed by atoms with E-state index < -0.39 is 43.0 Å². The van der Waals surface area contributed by atoms with E-state index in [0.29, 0.717) is 11.3 Å². The van der Waals surface area contributed by atoms with Crippen molar-refractivity contribution < 1.29 is 52.4 Å². The van der Waals surface area contributed by atoms with E-state index in [4.69, 9.17) is 28.4 Å². The van der Waals surface area contributed by atoms with Gasteiger partial charge in [0.15, 0.2) is 11.5 Å².